The minimum atomic E-state index is -0.0462. The molecule has 5 heteroatoms. The summed E-state index contributed by atoms with van der Waals surface area (Å²) in [4.78, 5) is 21.0. The third kappa shape index (κ3) is 3.23. The number of anilines is 1. The van der Waals surface area contributed by atoms with Crippen molar-refractivity contribution < 1.29 is 9.21 Å². The Labute approximate surface area is 136 Å². The van der Waals surface area contributed by atoms with Crippen LogP contribution in [0.1, 0.15) is 41.6 Å². The molecule has 1 aliphatic rings. The summed E-state index contributed by atoms with van der Waals surface area (Å²) >= 11 is 0. The number of amides is 1. The summed E-state index contributed by atoms with van der Waals surface area (Å²) in [6.45, 7) is 9.20. The first-order chi connectivity index (χ1) is 11.1. The maximum atomic E-state index is 12.7. The zero-order valence-corrected chi connectivity index (χ0v) is 14.0. The topological polar surface area (TPSA) is 49.6 Å². The molecule has 23 heavy (non-hydrogen) atoms. The van der Waals surface area contributed by atoms with Crippen LogP contribution in [0.3, 0.4) is 0 Å². The van der Waals surface area contributed by atoms with E-state index < -0.39 is 0 Å². The van der Waals surface area contributed by atoms with E-state index in [2.05, 4.69) is 41.1 Å². The third-order valence-electron chi connectivity index (χ3n) is 4.27. The molecular weight excluding hydrogens is 290 g/mol. The van der Waals surface area contributed by atoms with Gasteiger partial charge in [-0.3, -0.25) is 4.79 Å². The Morgan fingerprint density at radius 3 is 2.61 bits per heavy atom. The van der Waals surface area contributed by atoms with Gasteiger partial charge in [-0.15, -0.1) is 0 Å². The second-order valence-corrected chi connectivity index (χ2v) is 6.34. The fourth-order valence-corrected chi connectivity index (χ4v) is 2.96. The quantitative estimate of drug-likeness (QED) is 0.874. The lowest BCUT2D eigenvalue weighted by atomic mass is 10.1. The maximum Gasteiger partial charge on any atom is 0.291 e. The summed E-state index contributed by atoms with van der Waals surface area (Å²) in [5, 5.41) is 0. The predicted octanol–water partition coefficient (Wildman–Crippen LogP) is 3.07. The first kappa shape index (κ1) is 15.6. The number of carbonyl (C=O) groups is 1. The Bertz CT molecular complexity index is 685. The van der Waals surface area contributed by atoms with Crippen molar-refractivity contribution in [3.63, 3.8) is 0 Å². The van der Waals surface area contributed by atoms with Gasteiger partial charge in [0.15, 0.2) is 6.39 Å². The number of hydrogen-bond acceptors (Lipinski definition) is 4. The van der Waals surface area contributed by atoms with Crippen molar-refractivity contribution in [1.82, 2.24) is 9.88 Å². The van der Waals surface area contributed by atoms with E-state index in [0.29, 0.717) is 18.8 Å². The summed E-state index contributed by atoms with van der Waals surface area (Å²) in [5.74, 6) is 0.528. The van der Waals surface area contributed by atoms with Gasteiger partial charge in [-0.25, -0.2) is 4.98 Å². The van der Waals surface area contributed by atoms with Crippen molar-refractivity contribution >= 4 is 11.6 Å². The van der Waals surface area contributed by atoms with Crippen LogP contribution in [0.2, 0.25) is 0 Å². The number of aryl methyl sites for hydroxylation is 1. The van der Waals surface area contributed by atoms with Crippen molar-refractivity contribution in [1.29, 1.82) is 0 Å². The van der Waals surface area contributed by atoms with Gasteiger partial charge in [0, 0.05) is 31.9 Å². The average molecular weight is 313 g/mol. The monoisotopic (exact) mass is 313 g/mol. The van der Waals surface area contributed by atoms with Gasteiger partial charge >= 0.3 is 0 Å². The molecule has 0 radical (unpaired) electrons. The van der Waals surface area contributed by atoms with Gasteiger partial charge in [0.25, 0.3) is 5.91 Å². The van der Waals surface area contributed by atoms with Crippen LogP contribution in [-0.4, -0.2) is 42.0 Å². The number of benzene rings is 1. The van der Waals surface area contributed by atoms with Gasteiger partial charge in [0.05, 0.1) is 5.69 Å². The van der Waals surface area contributed by atoms with E-state index >= 15 is 0 Å². The van der Waals surface area contributed by atoms with Crippen LogP contribution in [0, 0.1) is 6.92 Å². The Morgan fingerprint density at radius 2 is 1.96 bits per heavy atom. The smallest absolute Gasteiger partial charge is 0.291 e. The highest BCUT2D eigenvalue weighted by Crippen LogP contribution is 2.22. The van der Waals surface area contributed by atoms with Gasteiger partial charge in [-0.05, 0) is 30.5 Å². The van der Waals surface area contributed by atoms with Crippen LogP contribution in [0.15, 0.2) is 35.1 Å². The van der Waals surface area contributed by atoms with E-state index in [9.17, 15) is 4.79 Å². The lowest BCUT2D eigenvalue weighted by Crippen LogP contribution is -2.49. The van der Waals surface area contributed by atoms with Crippen LogP contribution in [0.4, 0.5) is 5.69 Å². The number of rotatable bonds is 3. The molecule has 1 aromatic heterocycles. The SMILES string of the molecule is Cc1cccc(N2CCN(C(=O)c3ocnc3C(C)C)CC2)c1. The highest BCUT2D eigenvalue weighted by molar-refractivity contribution is 5.92. The summed E-state index contributed by atoms with van der Waals surface area (Å²) in [7, 11) is 0. The number of aromatic nitrogens is 1. The van der Waals surface area contributed by atoms with Crippen LogP contribution in [-0.2, 0) is 0 Å². The largest absolute Gasteiger partial charge is 0.438 e. The molecule has 0 bridgehead atoms. The highest BCUT2D eigenvalue weighted by Gasteiger charge is 2.27. The Kier molecular flexibility index (Phi) is 4.37. The number of hydrogen-bond donors (Lipinski definition) is 0. The number of oxazole rings is 1. The summed E-state index contributed by atoms with van der Waals surface area (Å²) in [5.41, 5.74) is 3.22. The Hall–Kier alpha value is -2.30. The molecule has 0 spiro atoms. The van der Waals surface area contributed by atoms with Crippen LogP contribution in [0.5, 0.6) is 0 Å². The molecule has 0 atom stereocenters. The fraction of sp³-hybridized carbons (Fsp3) is 0.444. The molecule has 0 N–H and O–H groups in total. The normalized spacial score (nSPS) is 15.3. The van der Waals surface area contributed by atoms with E-state index in [-0.39, 0.29) is 11.8 Å². The lowest BCUT2D eigenvalue weighted by Gasteiger charge is -2.36. The molecule has 122 valence electrons. The second kappa shape index (κ2) is 6.44. The molecule has 3 rings (SSSR count). The van der Waals surface area contributed by atoms with Crippen molar-refractivity contribution in [3.8, 4) is 0 Å². The molecule has 5 nitrogen and oxygen atoms in total. The summed E-state index contributed by atoms with van der Waals surface area (Å²) in [6, 6.07) is 8.48. The highest BCUT2D eigenvalue weighted by atomic mass is 16.3. The number of nitrogens with zero attached hydrogens (tertiary/aromatic N) is 3. The lowest BCUT2D eigenvalue weighted by molar-refractivity contribution is 0.0712. The van der Waals surface area contributed by atoms with E-state index in [1.807, 2.05) is 18.7 Å². The zero-order valence-electron chi connectivity index (χ0n) is 14.0. The van der Waals surface area contributed by atoms with E-state index in [0.717, 1.165) is 18.8 Å². The molecule has 1 aromatic carbocycles. The predicted molar refractivity (Wildman–Crippen MR) is 89.9 cm³/mol. The molecular formula is C18H23N3O2. The van der Waals surface area contributed by atoms with Crippen LogP contribution >= 0.6 is 0 Å². The molecule has 0 saturated carbocycles. The van der Waals surface area contributed by atoms with Crippen LogP contribution < -0.4 is 4.90 Å². The molecule has 1 amide bonds. The van der Waals surface area contributed by atoms with Gasteiger partial charge in [-0.2, -0.15) is 0 Å². The average Bonchev–Trinajstić information content (AvgIpc) is 3.04. The molecule has 2 aromatic rings. The first-order valence-corrected chi connectivity index (χ1v) is 8.10. The van der Waals surface area contributed by atoms with Crippen molar-refractivity contribution in [2.45, 2.75) is 26.7 Å². The Morgan fingerprint density at radius 1 is 1.22 bits per heavy atom. The molecule has 1 aliphatic heterocycles. The van der Waals surface area contributed by atoms with E-state index in [1.165, 1.54) is 17.6 Å². The number of piperazine rings is 1. The van der Waals surface area contributed by atoms with Gasteiger partial charge in [-0.1, -0.05) is 26.0 Å². The van der Waals surface area contributed by atoms with E-state index in [4.69, 9.17) is 4.42 Å². The van der Waals surface area contributed by atoms with Crippen molar-refractivity contribution in [3.05, 3.63) is 47.7 Å². The second-order valence-electron chi connectivity index (χ2n) is 6.34. The first-order valence-electron chi connectivity index (χ1n) is 8.10. The van der Waals surface area contributed by atoms with Crippen LogP contribution in [0.25, 0.3) is 0 Å². The molecule has 0 aliphatic carbocycles. The summed E-state index contributed by atoms with van der Waals surface area (Å²) < 4.78 is 5.35. The minimum Gasteiger partial charge on any atom is -0.438 e. The van der Waals surface area contributed by atoms with Crippen molar-refractivity contribution in [2.24, 2.45) is 0 Å². The van der Waals surface area contributed by atoms with Gasteiger partial charge < -0.3 is 14.2 Å². The number of carbonyl (C=O) groups excluding carboxylic acids is 1. The molecule has 1 fully saturated rings. The van der Waals surface area contributed by atoms with E-state index in [1.54, 1.807) is 0 Å². The Balaban J connectivity index is 1.67. The molecule has 1 saturated heterocycles. The van der Waals surface area contributed by atoms with Crippen molar-refractivity contribution in [2.75, 3.05) is 31.1 Å². The standard InChI is InChI=1S/C18H23N3O2/c1-13(2)16-17(23-12-19-16)18(22)21-9-7-20(8-10-21)15-6-4-5-14(3)11-15/h4-6,11-13H,7-10H2,1-3H3. The molecule has 2 heterocycles. The molecule has 0 unspecified atom stereocenters. The maximum absolute atomic E-state index is 12.7. The fourth-order valence-electron chi connectivity index (χ4n) is 2.96. The van der Waals surface area contributed by atoms with Gasteiger partial charge in [0.1, 0.15) is 0 Å². The van der Waals surface area contributed by atoms with Gasteiger partial charge in [0.2, 0.25) is 5.76 Å². The zero-order chi connectivity index (χ0) is 16.4. The minimum absolute atomic E-state index is 0.0462. The summed E-state index contributed by atoms with van der Waals surface area (Å²) in [6.07, 6.45) is 1.37. The third-order valence-corrected chi connectivity index (χ3v) is 4.27.